The van der Waals surface area contributed by atoms with Crippen LogP contribution >= 0.6 is 0 Å². The second kappa shape index (κ2) is 13.0. The number of nitrogens with zero attached hydrogens (tertiary/aromatic N) is 2. The molecule has 1 N–H and O–H groups in total. The Balaban J connectivity index is 2.01. The lowest BCUT2D eigenvalue weighted by atomic mass is 10.0. The number of carboxylic acid groups (broad SMARTS) is 1. The topological polar surface area (TPSA) is 140 Å². The Kier molecular flexibility index (Phi) is 10.3. The van der Waals surface area contributed by atoms with Gasteiger partial charge in [-0.2, -0.15) is 13.2 Å². The normalized spacial score (nSPS) is 16.1. The van der Waals surface area contributed by atoms with Crippen LogP contribution in [0, 0.1) is 18.8 Å². The lowest BCUT2D eigenvalue weighted by molar-refractivity contribution is -0.169. The second-order valence-corrected chi connectivity index (χ2v) is 14.5. The fourth-order valence-corrected chi connectivity index (χ4v) is 7.23. The molecule has 232 valence electrons. The van der Waals surface area contributed by atoms with Gasteiger partial charge in [0.1, 0.15) is 11.3 Å². The van der Waals surface area contributed by atoms with Crippen molar-refractivity contribution in [3.05, 3.63) is 47.5 Å². The van der Waals surface area contributed by atoms with Crippen LogP contribution in [0.3, 0.4) is 0 Å². The van der Waals surface area contributed by atoms with Crippen LogP contribution in [-0.4, -0.2) is 68.4 Å². The number of alkyl halides is 3. The summed E-state index contributed by atoms with van der Waals surface area (Å²) in [6.45, 7) is 6.38. The Labute approximate surface area is 243 Å². The summed E-state index contributed by atoms with van der Waals surface area (Å²) in [4.78, 5) is 22.9. The molecular formula is C27H33F3N2O8S2. The summed E-state index contributed by atoms with van der Waals surface area (Å²) < 4.78 is 93.7. The van der Waals surface area contributed by atoms with Crippen molar-refractivity contribution in [1.82, 2.24) is 0 Å². The summed E-state index contributed by atoms with van der Waals surface area (Å²) in [5.41, 5.74) is 0.0266. The van der Waals surface area contributed by atoms with E-state index in [1.807, 2.05) is 0 Å². The van der Waals surface area contributed by atoms with Crippen LogP contribution in [0.5, 0.6) is 5.75 Å². The number of aromatic carboxylic acids is 1. The molecule has 1 aliphatic heterocycles. The lowest BCUT2D eigenvalue weighted by Gasteiger charge is -2.28. The summed E-state index contributed by atoms with van der Waals surface area (Å²) in [6, 6.07) is 7.20. The molecular weight excluding hydrogens is 601 g/mol. The van der Waals surface area contributed by atoms with Crippen LogP contribution in [0.15, 0.2) is 50.6 Å². The Morgan fingerprint density at radius 2 is 1.71 bits per heavy atom. The van der Waals surface area contributed by atoms with E-state index in [9.17, 15) is 40.5 Å². The highest BCUT2D eigenvalue weighted by Gasteiger charge is 2.39. The minimum absolute atomic E-state index is 0.0266. The third-order valence-electron chi connectivity index (χ3n) is 6.49. The van der Waals surface area contributed by atoms with E-state index in [4.69, 9.17) is 9.47 Å². The van der Waals surface area contributed by atoms with Crippen molar-refractivity contribution in [3.63, 3.8) is 0 Å². The highest BCUT2D eigenvalue weighted by atomic mass is 32.2. The van der Waals surface area contributed by atoms with E-state index in [1.54, 1.807) is 13.8 Å². The van der Waals surface area contributed by atoms with Crippen molar-refractivity contribution in [2.24, 2.45) is 16.2 Å². The molecule has 42 heavy (non-hydrogen) atoms. The van der Waals surface area contributed by atoms with E-state index >= 15 is 0 Å². The number of carboxylic acids is 1. The van der Waals surface area contributed by atoms with E-state index in [-0.39, 0.29) is 57.3 Å². The maximum absolute atomic E-state index is 13.9. The summed E-state index contributed by atoms with van der Waals surface area (Å²) in [7, 11) is -8.17. The number of carbonyl (C=O) groups is 2. The molecule has 1 saturated heterocycles. The van der Waals surface area contributed by atoms with Gasteiger partial charge in [0.05, 0.1) is 26.9 Å². The molecule has 15 heteroatoms. The molecule has 2 aromatic rings. The van der Waals surface area contributed by atoms with Gasteiger partial charge in [0, 0.05) is 30.9 Å². The number of rotatable bonds is 10. The molecule has 1 amide bonds. The number of hydrogen-bond donors (Lipinski definition) is 1. The monoisotopic (exact) mass is 634 g/mol. The first-order valence-corrected chi connectivity index (χ1v) is 16.3. The van der Waals surface area contributed by atoms with Crippen molar-refractivity contribution in [2.75, 3.05) is 36.9 Å². The standard InChI is InChI=1S/C27H33F3N2O8S2/c1-17(2)15-32(23-7-5-20(13-18(23)3)41(4,36)31-26(35)27(28,29)30)42(37,38)21-6-8-24(22(14-21)25(33)34)40-16-19-9-11-39-12-10-19/h5-8,13-14,17,19H,9-12,15-16H2,1-4H3,(H,33,34). The molecule has 0 radical (unpaired) electrons. The van der Waals surface area contributed by atoms with Gasteiger partial charge < -0.3 is 14.6 Å². The zero-order chi connectivity index (χ0) is 31.5. The molecule has 1 heterocycles. The fourth-order valence-electron chi connectivity index (χ4n) is 4.27. The predicted molar refractivity (Wildman–Crippen MR) is 149 cm³/mol. The number of benzene rings is 2. The van der Waals surface area contributed by atoms with E-state index < -0.39 is 37.8 Å². The van der Waals surface area contributed by atoms with Crippen molar-refractivity contribution >= 4 is 37.3 Å². The van der Waals surface area contributed by atoms with Crippen LogP contribution in [0.25, 0.3) is 0 Å². The lowest BCUT2D eigenvalue weighted by Crippen LogP contribution is -2.35. The van der Waals surface area contributed by atoms with Gasteiger partial charge in [-0.3, -0.25) is 9.10 Å². The largest absolute Gasteiger partial charge is 0.492 e. The summed E-state index contributed by atoms with van der Waals surface area (Å²) in [6.07, 6.45) is -2.89. The highest BCUT2D eigenvalue weighted by molar-refractivity contribution is 7.93. The first-order valence-electron chi connectivity index (χ1n) is 13.0. The van der Waals surface area contributed by atoms with Crippen molar-refractivity contribution < 1.29 is 50.0 Å². The van der Waals surface area contributed by atoms with Crippen LogP contribution in [0.1, 0.15) is 42.6 Å². The Bertz CT molecular complexity index is 1560. The van der Waals surface area contributed by atoms with E-state index in [0.29, 0.717) is 13.2 Å². The predicted octanol–water partition coefficient (Wildman–Crippen LogP) is 4.90. The van der Waals surface area contributed by atoms with Crippen molar-refractivity contribution in [2.45, 2.75) is 49.6 Å². The maximum atomic E-state index is 13.9. The van der Waals surface area contributed by atoms with Gasteiger partial charge in [-0.25, -0.2) is 17.4 Å². The summed E-state index contributed by atoms with van der Waals surface area (Å²) in [5.74, 6) is -3.86. The van der Waals surface area contributed by atoms with E-state index in [0.717, 1.165) is 35.5 Å². The number of amides is 1. The highest BCUT2D eigenvalue weighted by Crippen LogP contribution is 2.33. The number of carbonyl (C=O) groups excluding carboxylic acids is 1. The van der Waals surface area contributed by atoms with Gasteiger partial charge >= 0.3 is 18.1 Å². The fraction of sp³-hybridized carbons (Fsp3) is 0.481. The molecule has 2 aromatic carbocycles. The average Bonchev–Trinajstić information content (AvgIpc) is 2.90. The molecule has 1 unspecified atom stereocenters. The SMILES string of the molecule is Cc1cc(S(C)(=O)=NC(=O)C(F)(F)F)ccc1N(CC(C)C)S(=O)(=O)c1ccc(OCC2CCOCC2)c(C(=O)O)c1. The van der Waals surface area contributed by atoms with Crippen LogP contribution in [0.2, 0.25) is 0 Å². The Morgan fingerprint density at radius 1 is 1.10 bits per heavy atom. The number of sulfonamides is 1. The summed E-state index contributed by atoms with van der Waals surface area (Å²) in [5, 5.41) is 9.82. The number of aryl methyl sites for hydroxylation is 1. The quantitative estimate of drug-likeness (QED) is 0.390. The molecule has 0 bridgehead atoms. The van der Waals surface area contributed by atoms with Crippen LogP contribution in [-0.2, 0) is 29.3 Å². The van der Waals surface area contributed by atoms with Gasteiger partial charge in [0.15, 0.2) is 0 Å². The minimum Gasteiger partial charge on any atom is -0.492 e. The molecule has 0 spiro atoms. The van der Waals surface area contributed by atoms with Crippen LogP contribution < -0.4 is 9.04 Å². The first kappa shape index (κ1) is 33.3. The Hall–Kier alpha value is -3.17. The molecule has 0 aliphatic carbocycles. The molecule has 1 aliphatic rings. The average molecular weight is 635 g/mol. The number of halogens is 3. The molecule has 10 nitrogen and oxygen atoms in total. The zero-order valence-corrected chi connectivity index (χ0v) is 25.1. The molecule has 0 aromatic heterocycles. The van der Waals surface area contributed by atoms with Crippen molar-refractivity contribution in [3.8, 4) is 5.75 Å². The molecule has 3 rings (SSSR count). The molecule has 1 atom stereocenters. The number of hydrogen-bond acceptors (Lipinski definition) is 7. The first-order chi connectivity index (χ1) is 19.4. The third kappa shape index (κ3) is 8.01. The molecule has 0 saturated carbocycles. The van der Waals surface area contributed by atoms with Crippen LogP contribution in [0.4, 0.5) is 18.9 Å². The minimum atomic E-state index is -5.30. The number of ether oxygens (including phenoxy) is 2. The Morgan fingerprint density at radius 3 is 2.26 bits per heavy atom. The van der Waals surface area contributed by atoms with E-state index in [1.165, 1.54) is 31.2 Å². The maximum Gasteiger partial charge on any atom is 0.474 e. The number of anilines is 1. The zero-order valence-electron chi connectivity index (χ0n) is 23.5. The second-order valence-electron chi connectivity index (χ2n) is 10.4. The van der Waals surface area contributed by atoms with E-state index in [2.05, 4.69) is 4.36 Å². The summed E-state index contributed by atoms with van der Waals surface area (Å²) >= 11 is 0. The van der Waals surface area contributed by atoms with Gasteiger partial charge in [-0.1, -0.05) is 13.8 Å². The van der Waals surface area contributed by atoms with Gasteiger partial charge in [-0.05, 0) is 73.6 Å². The van der Waals surface area contributed by atoms with Crippen molar-refractivity contribution in [1.29, 1.82) is 0 Å². The molecule has 1 fully saturated rings. The smallest absolute Gasteiger partial charge is 0.474 e. The van der Waals surface area contributed by atoms with Gasteiger partial charge in [0.2, 0.25) is 0 Å². The third-order valence-corrected chi connectivity index (χ3v) is 9.91. The van der Waals surface area contributed by atoms with Gasteiger partial charge in [0.25, 0.3) is 10.0 Å². The van der Waals surface area contributed by atoms with Gasteiger partial charge in [-0.15, -0.1) is 4.36 Å².